The van der Waals surface area contributed by atoms with Crippen LogP contribution in [0.3, 0.4) is 0 Å². The lowest BCUT2D eigenvalue weighted by atomic mass is 9.85. The first kappa shape index (κ1) is 15.9. The Hall–Kier alpha value is -0.0800. The van der Waals surface area contributed by atoms with E-state index in [0.717, 1.165) is 6.42 Å². The minimum Gasteiger partial charge on any atom is -0.372 e. The second-order valence-electron chi connectivity index (χ2n) is 6.06. The fraction of sp³-hybridized carbons (Fsp3) is 1.00. The molecule has 0 aliphatic rings. The summed E-state index contributed by atoms with van der Waals surface area (Å²) < 4.78 is 6.11. The van der Waals surface area contributed by atoms with Crippen LogP contribution < -0.4 is 5.32 Å². The maximum absolute atomic E-state index is 6.11. The van der Waals surface area contributed by atoms with Gasteiger partial charge in [0.1, 0.15) is 0 Å². The molecule has 2 unspecified atom stereocenters. The van der Waals surface area contributed by atoms with Gasteiger partial charge in [-0.25, -0.2) is 0 Å². The molecule has 0 heterocycles. The van der Waals surface area contributed by atoms with Gasteiger partial charge >= 0.3 is 0 Å². The van der Waals surface area contributed by atoms with Gasteiger partial charge in [0, 0.05) is 12.1 Å². The molecule has 0 bridgehead atoms. The summed E-state index contributed by atoms with van der Waals surface area (Å²) in [5, 5.41) is 3.55. The average molecular weight is 229 g/mol. The molecule has 0 spiro atoms. The highest BCUT2D eigenvalue weighted by Crippen LogP contribution is 2.28. The SMILES string of the molecule is CC(C)NC(C)CC(C)(OC(C)C)C(C)C. The summed E-state index contributed by atoms with van der Waals surface area (Å²) in [5.41, 5.74) is -0.0323. The van der Waals surface area contributed by atoms with Crippen LogP contribution in [0.1, 0.15) is 61.8 Å². The Morgan fingerprint density at radius 3 is 1.81 bits per heavy atom. The third-order valence-corrected chi connectivity index (χ3v) is 3.06. The Labute approximate surface area is 102 Å². The van der Waals surface area contributed by atoms with Gasteiger partial charge in [0.15, 0.2) is 0 Å². The fourth-order valence-electron chi connectivity index (χ4n) is 2.19. The Bertz CT molecular complexity index is 189. The molecule has 98 valence electrons. The topological polar surface area (TPSA) is 21.3 Å². The van der Waals surface area contributed by atoms with E-state index in [9.17, 15) is 0 Å². The third-order valence-electron chi connectivity index (χ3n) is 3.06. The number of ether oxygens (including phenoxy) is 1. The van der Waals surface area contributed by atoms with Crippen molar-refractivity contribution in [2.75, 3.05) is 0 Å². The second-order valence-corrected chi connectivity index (χ2v) is 6.06. The van der Waals surface area contributed by atoms with Crippen molar-refractivity contribution >= 4 is 0 Å². The van der Waals surface area contributed by atoms with Gasteiger partial charge in [-0.15, -0.1) is 0 Å². The van der Waals surface area contributed by atoms with Crippen molar-refractivity contribution in [1.29, 1.82) is 0 Å². The lowest BCUT2D eigenvalue weighted by Gasteiger charge is -2.38. The number of hydrogen-bond acceptors (Lipinski definition) is 2. The maximum atomic E-state index is 6.11. The molecule has 2 heteroatoms. The summed E-state index contributed by atoms with van der Waals surface area (Å²) >= 11 is 0. The summed E-state index contributed by atoms with van der Waals surface area (Å²) in [6, 6.07) is 1.02. The highest BCUT2D eigenvalue weighted by Gasteiger charge is 2.32. The van der Waals surface area contributed by atoms with Gasteiger partial charge in [0.05, 0.1) is 11.7 Å². The van der Waals surface area contributed by atoms with Crippen LogP contribution in [0, 0.1) is 5.92 Å². The molecular weight excluding hydrogens is 198 g/mol. The molecule has 16 heavy (non-hydrogen) atoms. The van der Waals surface area contributed by atoms with Crippen molar-refractivity contribution in [2.45, 2.75) is 85.6 Å². The molecule has 0 aromatic heterocycles. The molecule has 0 saturated carbocycles. The monoisotopic (exact) mass is 229 g/mol. The number of rotatable bonds is 7. The third kappa shape index (κ3) is 5.86. The molecule has 0 aliphatic heterocycles. The van der Waals surface area contributed by atoms with E-state index in [2.05, 4.69) is 60.7 Å². The summed E-state index contributed by atoms with van der Waals surface area (Å²) in [4.78, 5) is 0. The van der Waals surface area contributed by atoms with Crippen LogP contribution in [0.2, 0.25) is 0 Å². The molecular formula is C14H31NO. The predicted octanol–water partition coefficient (Wildman–Crippen LogP) is 3.60. The van der Waals surface area contributed by atoms with Crippen molar-refractivity contribution in [3.05, 3.63) is 0 Å². The highest BCUT2D eigenvalue weighted by atomic mass is 16.5. The second kappa shape index (κ2) is 6.61. The molecule has 2 atom stereocenters. The van der Waals surface area contributed by atoms with Crippen LogP contribution >= 0.6 is 0 Å². The Morgan fingerprint density at radius 2 is 1.50 bits per heavy atom. The lowest BCUT2D eigenvalue weighted by molar-refractivity contribution is -0.105. The zero-order chi connectivity index (χ0) is 12.9. The van der Waals surface area contributed by atoms with Crippen LogP contribution in [-0.4, -0.2) is 23.8 Å². The van der Waals surface area contributed by atoms with E-state index in [0.29, 0.717) is 24.1 Å². The fourth-order valence-corrected chi connectivity index (χ4v) is 2.19. The van der Waals surface area contributed by atoms with Crippen LogP contribution in [-0.2, 0) is 4.74 Å². The molecule has 1 N–H and O–H groups in total. The Balaban J connectivity index is 4.43. The number of hydrogen-bond donors (Lipinski definition) is 1. The van der Waals surface area contributed by atoms with E-state index < -0.39 is 0 Å². The number of nitrogens with one attached hydrogen (secondary N) is 1. The first-order chi connectivity index (χ1) is 7.17. The maximum Gasteiger partial charge on any atom is 0.0695 e. The van der Waals surface area contributed by atoms with E-state index in [1.807, 2.05) is 0 Å². The van der Waals surface area contributed by atoms with E-state index in [1.165, 1.54) is 0 Å². The standard InChI is InChI=1S/C14H31NO/c1-10(2)14(8,16-12(5)6)9-13(7)15-11(3)4/h10-13,15H,9H2,1-8H3. The first-order valence-corrected chi connectivity index (χ1v) is 6.61. The van der Waals surface area contributed by atoms with E-state index in [-0.39, 0.29) is 5.60 Å². The zero-order valence-electron chi connectivity index (χ0n) is 12.4. The van der Waals surface area contributed by atoms with Crippen LogP contribution in [0.5, 0.6) is 0 Å². The van der Waals surface area contributed by atoms with Gasteiger partial charge in [-0.1, -0.05) is 27.7 Å². The molecule has 0 aromatic carbocycles. The van der Waals surface area contributed by atoms with Gasteiger partial charge in [0.25, 0.3) is 0 Å². The van der Waals surface area contributed by atoms with E-state index in [1.54, 1.807) is 0 Å². The van der Waals surface area contributed by atoms with Crippen molar-refractivity contribution < 1.29 is 4.74 Å². The minimum atomic E-state index is -0.0323. The molecule has 0 aliphatic carbocycles. The molecule has 2 nitrogen and oxygen atoms in total. The molecule has 0 rings (SSSR count). The highest BCUT2D eigenvalue weighted by molar-refractivity contribution is 4.84. The van der Waals surface area contributed by atoms with E-state index in [4.69, 9.17) is 4.74 Å². The van der Waals surface area contributed by atoms with E-state index >= 15 is 0 Å². The van der Waals surface area contributed by atoms with Crippen molar-refractivity contribution in [2.24, 2.45) is 5.92 Å². The van der Waals surface area contributed by atoms with Gasteiger partial charge in [0.2, 0.25) is 0 Å². The van der Waals surface area contributed by atoms with Crippen LogP contribution in [0.4, 0.5) is 0 Å². The molecule has 0 amide bonds. The molecule has 0 saturated heterocycles. The summed E-state index contributed by atoms with van der Waals surface area (Å²) in [6.45, 7) is 17.6. The summed E-state index contributed by atoms with van der Waals surface area (Å²) in [7, 11) is 0. The predicted molar refractivity (Wildman–Crippen MR) is 71.8 cm³/mol. The molecule has 0 radical (unpaired) electrons. The summed E-state index contributed by atoms with van der Waals surface area (Å²) in [6.07, 6.45) is 1.35. The molecule has 0 fully saturated rings. The largest absolute Gasteiger partial charge is 0.372 e. The Kier molecular flexibility index (Phi) is 6.57. The van der Waals surface area contributed by atoms with Crippen molar-refractivity contribution in [3.8, 4) is 0 Å². The van der Waals surface area contributed by atoms with Gasteiger partial charge < -0.3 is 10.1 Å². The van der Waals surface area contributed by atoms with Gasteiger partial charge in [-0.05, 0) is 40.0 Å². The van der Waals surface area contributed by atoms with Crippen LogP contribution in [0.25, 0.3) is 0 Å². The summed E-state index contributed by atoms with van der Waals surface area (Å²) in [5.74, 6) is 0.534. The lowest BCUT2D eigenvalue weighted by Crippen LogP contribution is -2.45. The average Bonchev–Trinajstić information content (AvgIpc) is 1.98. The smallest absolute Gasteiger partial charge is 0.0695 e. The quantitative estimate of drug-likeness (QED) is 0.720. The normalized spacial score (nSPS) is 18.2. The van der Waals surface area contributed by atoms with Gasteiger partial charge in [-0.2, -0.15) is 0 Å². The Morgan fingerprint density at radius 1 is 1.00 bits per heavy atom. The first-order valence-electron chi connectivity index (χ1n) is 6.61. The van der Waals surface area contributed by atoms with Crippen LogP contribution in [0.15, 0.2) is 0 Å². The van der Waals surface area contributed by atoms with Crippen molar-refractivity contribution in [3.63, 3.8) is 0 Å². The van der Waals surface area contributed by atoms with Gasteiger partial charge in [-0.3, -0.25) is 0 Å². The molecule has 0 aromatic rings. The zero-order valence-corrected chi connectivity index (χ0v) is 12.4. The van der Waals surface area contributed by atoms with Crippen molar-refractivity contribution in [1.82, 2.24) is 5.32 Å². The minimum absolute atomic E-state index is 0.0323.